The highest BCUT2D eigenvalue weighted by Crippen LogP contribution is 1.99. The lowest BCUT2D eigenvalue weighted by Gasteiger charge is -2.03. The van der Waals surface area contributed by atoms with E-state index < -0.39 is 0 Å². The maximum atomic E-state index is 10.9. The lowest BCUT2D eigenvalue weighted by atomic mass is 10.2. The first kappa shape index (κ1) is 10.7. The molecule has 0 fully saturated rings. The molecule has 0 amide bonds. The molecular weight excluding hydrogens is 178 g/mol. The second kappa shape index (κ2) is 6.16. The fraction of sp³-hybridized carbons (Fsp3) is 0.364. The van der Waals surface area contributed by atoms with E-state index in [-0.39, 0.29) is 12.5 Å². The van der Waals surface area contributed by atoms with Gasteiger partial charge in [-0.1, -0.05) is 30.3 Å². The van der Waals surface area contributed by atoms with Gasteiger partial charge in [0.1, 0.15) is 0 Å². The number of rotatable bonds is 5. The van der Waals surface area contributed by atoms with Crippen LogP contribution in [0.5, 0.6) is 0 Å². The zero-order valence-corrected chi connectivity index (χ0v) is 8.32. The molecule has 3 heteroatoms. The van der Waals surface area contributed by atoms with Gasteiger partial charge in [-0.2, -0.15) is 0 Å². The largest absolute Gasteiger partial charge is 0.464 e. The summed E-state index contributed by atoms with van der Waals surface area (Å²) in [5.41, 5.74) is 1.18. The molecule has 0 aromatic heterocycles. The highest BCUT2D eigenvalue weighted by Gasteiger charge is 1.99. The van der Waals surface area contributed by atoms with Crippen molar-refractivity contribution in [2.75, 3.05) is 20.2 Å². The van der Waals surface area contributed by atoms with E-state index >= 15 is 0 Å². The number of hydrogen-bond acceptors (Lipinski definition) is 3. The van der Waals surface area contributed by atoms with Gasteiger partial charge in [0.25, 0.3) is 0 Å². The van der Waals surface area contributed by atoms with E-state index in [4.69, 9.17) is 4.74 Å². The molecule has 1 rings (SSSR count). The lowest BCUT2D eigenvalue weighted by molar-refractivity contribution is -0.142. The van der Waals surface area contributed by atoms with Gasteiger partial charge < -0.3 is 10.1 Å². The van der Waals surface area contributed by atoms with Gasteiger partial charge >= 0.3 is 5.97 Å². The Bertz CT molecular complexity index is 272. The van der Waals surface area contributed by atoms with Gasteiger partial charge in [-0.3, -0.25) is 4.79 Å². The summed E-state index contributed by atoms with van der Waals surface area (Å²) in [6.07, 6.45) is 0.774. The van der Waals surface area contributed by atoms with Crippen LogP contribution in [0.25, 0.3) is 0 Å². The summed E-state index contributed by atoms with van der Waals surface area (Å²) in [6, 6.07) is 9.96. The molecule has 0 aliphatic heterocycles. The lowest BCUT2D eigenvalue weighted by Crippen LogP contribution is -2.21. The van der Waals surface area contributed by atoms with Crippen molar-refractivity contribution in [3.8, 4) is 0 Å². The van der Waals surface area contributed by atoms with E-state index in [1.54, 1.807) is 7.05 Å². The number of benzene rings is 1. The number of nitrogens with one attached hydrogen (secondary N) is 1. The van der Waals surface area contributed by atoms with Gasteiger partial charge in [0.15, 0.2) is 0 Å². The minimum absolute atomic E-state index is 0.205. The first-order valence-corrected chi connectivity index (χ1v) is 4.67. The normalized spacial score (nSPS) is 9.79. The zero-order chi connectivity index (χ0) is 10.2. The van der Waals surface area contributed by atoms with Crippen LogP contribution in [0.2, 0.25) is 0 Å². The van der Waals surface area contributed by atoms with Crippen LogP contribution in [0.1, 0.15) is 5.56 Å². The van der Waals surface area contributed by atoms with Crippen LogP contribution in [0.4, 0.5) is 0 Å². The molecule has 0 unspecified atom stereocenters. The molecule has 0 aliphatic rings. The summed E-state index contributed by atoms with van der Waals surface area (Å²) in [7, 11) is 1.72. The molecule has 0 heterocycles. The third kappa shape index (κ3) is 4.05. The Morgan fingerprint density at radius 2 is 2.07 bits per heavy atom. The molecule has 0 radical (unpaired) electrons. The molecule has 0 spiro atoms. The zero-order valence-electron chi connectivity index (χ0n) is 8.32. The Hall–Kier alpha value is -1.35. The van der Waals surface area contributed by atoms with Gasteiger partial charge in [-0.25, -0.2) is 0 Å². The van der Waals surface area contributed by atoms with Gasteiger partial charge in [-0.15, -0.1) is 0 Å². The summed E-state index contributed by atoms with van der Waals surface area (Å²) >= 11 is 0. The minimum atomic E-state index is -0.205. The van der Waals surface area contributed by atoms with Crippen molar-refractivity contribution in [2.24, 2.45) is 0 Å². The molecule has 0 saturated carbocycles. The number of ether oxygens (including phenoxy) is 1. The molecule has 0 bridgehead atoms. The summed E-state index contributed by atoms with van der Waals surface area (Å²) in [5, 5.41) is 2.74. The summed E-state index contributed by atoms with van der Waals surface area (Å²) < 4.78 is 4.98. The number of carbonyl (C=O) groups is 1. The molecule has 3 nitrogen and oxygen atoms in total. The third-order valence-electron chi connectivity index (χ3n) is 1.82. The van der Waals surface area contributed by atoms with Gasteiger partial charge in [-0.05, 0) is 12.6 Å². The molecule has 0 atom stereocenters. The minimum Gasteiger partial charge on any atom is -0.464 e. The van der Waals surface area contributed by atoms with Crippen LogP contribution in [0, 0.1) is 0 Å². The molecule has 0 aliphatic carbocycles. The Balaban J connectivity index is 2.19. The van der Waals surface area contributed by atoms with E-state index in [2.05, 4.69) is 5.32 Å². The van der Waals surface area contributed by atoms with Gasteiger partial charge in [0.2, 0.25) is 0 Å². The topological polar surface area (TPSA) is 38.3 Å². The molecule has 1 N–H and O–H groups in total. The maximum Gasteiger partial charge on any atom is 0.319 e. The van der Waals surface area contributed by atoms with Crippen LogP contribution >= 0.6 is 0 Å². The van der Waals surface area contributed by atoms with Crippen molar-refractivity contribution in [1.29, 1.82) is 0 Å². The molecule has 76 valence electrons. The SMILES string of the molecule is CNCC(=O)OCCc1ccccc1. The predicted octanol–water partition coefficient (Wildman–Crippen LogP) is 0.992. The monoisotopic (exact) mass is 193 g/mol. The standard InChI is InChI=1S/C11H15NO2/c1-12-9-11(13)14-8-7-10-5-3-2-4-6-10/h2-6,12H,7-9H2,1H3. The molecular formula is C11H15NO2. The summed E-state index contributed by atoms with van der Waals surface area (Å²) in [4.78, 5) is 10.9. The van der Waals surface area contributed by atoms with Crippen molar-refractivity contribution in [3.63, 3.8) is 0 Å². The van der Waals surface area contributed by atoms with Crippen LogP contribution < -0.4 is 5.32 Å². The third-order valence-corrected chi connectivity index (χ3v) is 1.82. The van der Waals surface area contributed by atoms with E-state index in [0.717, 1.165) is 6.42 Å². The highest BCUT2D eigenvalue weighted by atomic mass is 16.5. The highest BCUT2D eigenvalue weighted by molar-refractivity contribution is 5.71. The first-order chi connectivity index (χ1) is 6.83. The number of esters is 1. The van der Waals surface area contributed by atoms with E-state index in [9.17, 15) is 4.79 Å². The van der Waals surface area contributed by atoms with Crippen molar-refractivity contribution < 1.29 is 9.53 Å². The Kier molecular flexibility index (Phi) is 4.72. The quantitative estimate of drug-likeness (QED) is 0.709. The second-order valence-electron chi connectivity index (χ2n) is 2.99. The van der Waals surface area contributed by atoms with E-state index in [1.165, 1.54) is 5.56 Å². The predicted molar refractivity (Wildman–Crippen MR) is 55.0 cm³/mol. The number of hydrogen-bond donors (Lipinski definition) is 1. The molecule has 1 aromatic rings. The van der Waals surface area contributed by atoms with Crippen molar-refractivity contribution >= 4 is 5.97 Å². The van der Waals surface area contributed by atoms with Crippen molar-refractivity contribution in [3.05, 3.63) is 35.9 Å². The molecule has 14 heavy (non-hydrogen) atoms. The summed E-state index contributed by atoms with van der Waals surface area (Å²) in [5.74, 6) is -0.205. The van der Waals surface area contributed by atoms with Crippen molar-refractivity contribution in [2.45, 2.75) is 6.42 Å². The van der Waals surface area contributed by atoms with Crippen LogP contribution in [-0.2, 0) is 16.0 Å². The van der Waals surface area contributed by atoms with Gasteiger partial charge in [0.05, 0.1) is 13.2 Å². The Morgan fingerprint density at radius 3 is 2.71 bits per heavy atom. The molecule has 1 aromatic carbocycles. The van der Waals surface area contributed by atoms with Gasteiger partial charge in [0, 0.05) is 6.42 Å². The van der Waals surface area contributed by atoms with Crippen molar-refractivity contribution in [1.82, 2.24) is 5.32 Å². The smallest absolute Gasteiger partial charge is 0.319 e. The first-order valence-electron chi connectivity index (χ1n) is 4.67. The van der Waals surface area contributed by atoms with Crippen LogP contribution in [0.3, 0.4) is 0 Å². The van der Waals surface area contributed by atoms with E-state index in [0.29, 0.717) is 6.61 Å². The van der Waals surface area contributed by atoms with E-state index in [1.807, 2.05) is 30.3 Å². The molecule has 0 saturated heterocycles. The number of likely N-dealkylation sites (N-methyl/N-ethyl adjacent to an activating group) is 1. The second-order valence-corrected chi connectivity index (χ2v) is 2.99. The average molecular weight is 193 g/mol. The fourth-order valence-electron chi connectivity index (χ4n) is 1.12. The Labute approximate surface area is 84.1 Å². The summed E-state index contributed by atoms with van der Waals surface area (Å²) in [6.45, 7) is 0.722. The average Bonchev–Trinajstić information content (AvgIpc) is 2.20. The maximum absolute atomic E-state index is 10.9. The fourth-order valence-corrected chi connectivity index (χ4v) is 1.12. The van der Waals surface area contributed by atoms with Crippen LogP contribution in [-0.4, -0.2) is 26.2 Å². The van der Waals surface area contributed by atoms with Crippen LogP contribution in [0.15, 0.2) is 30.3 Å². The number of carbonyl (C=O) groups excluding carboxylic acids is 1. The Morgan fingerprint density at radius 1 is 1.36 bits per heavy atom.